The standard InChI is InChI=1S/C26H22N6O5/c1-16-12-21(18(3)31(16)24-13-17(2)37-28-24)23(33)15-36-26(34)22(14-20-10-7-11-35-20)32-25(27-29-30-32)19-8-5-4-6-9-19/h4-14H,15H2,1-3H3/b22-14-. The van der Waals surface area contributed by atoms with E-state index in [0.717, 1.165) is 5.69 Å². The van der Waals surface area contributed by atoms with Crippen LogP contribution in [0.25, 0.3) is 29.0 Å². The number of ether oxygens (including phenoxy) is 1. The number of aryl methyl sites for hydroxylation is 2. The molecule has 5 rings (SSSR count). The Labute approximate surface area is 210 Å². The molecule has 0 amide bonds. The van der Waals surface area contributed by atoms with Crippen molar-refractivity contribution in [3.05, 3.63) is 89.3 Å². The van der Waals surface area contributed by atoms with Gasteiger partial charge in [-0.25, -0.2) is 4.79 Å². The molecule has 1 aromatic carbocycles. The number of hydrogen-bond donors (Lipinski definition) is 0. The second kappa shape index (κ2) is 9.90. The smallest absolute Gasteiger partial charge is 0.357 e. The third-order valence-corrected chi connectivity index (χ3v) is 5.67. The molecule has 0 aliphatic heterocycles. The molecule has 4 heterocycles. The summed E-state index contributed by atoms with van der Waals surface area (Å²) in [6.07, 6.45) is 2.93. The Balaban J connectivity index is 1.41. The van der Waals surface area contributed by atoms with E-state index in [4.69, 9.17) is 13.7 Å². The number of nitrogens with zero attached hydrogens (tertiary/aromatic N) is 6. The molecule has 0 radical (unpaired) electrons. The summed E-state index contributed by atoms with van der Waals surface area (Å²) in [6, 6.07) is 16.0. The summed E-state index contributed by atoms with van der Waals surface area (Å²) in [4.78, 5) is 26.3. The van der Waals surface area contributed by atoms with E-state index in [9.17, 15) is 9.59 Å². The van der Waals surface area contributed by atoms with Gasteiger partial charge in [0.2, 0.25) is 5.78 Å². The van der Waals surface area contributed by atoms with Gasteiger partial charge < -0.3 is 13.7 Å². The lowest BCUT2D eigenvalue weighted by Gasteiger charge is -2.10. The highest BCUT2D eigenvalue weighted by Crippen LogP contribution is 2.23. The number of rotatable bonds is 8. The molecule has 0 aliphatic rings. The van der Waals surface area contributed by atoms with E-state index in [0.29, 0.717) is 40.0 Å². The summed E-state index contributed by atoms with van der Waals surface area (Å²) in [6.45, 7) is 4.95. The largest absolute Gasteiger partial charge is 0.465 e. The predicted octanol–water partition coefficient (Wildman–Crippen LogP) is 4.06. The predicted molar refractivity (Wildman–Crippen MR) is 131 cm³/mol. The van der Waals surface area contributed by atoms with Gasteiger partial charge in [0, 0.05) is 34.7 Å². The average molecular weight is 498 g/mol. The van der Waals surface area contributed by atoms with Gasteiger partial charge in [0.05, 0.1) is 6.26 Å². The number of benzene rings is 1. The fourth-order valence-electron chi connectivity index (χ4n) is 3.97. The number of aromatic nitrogens is 6. The zero-order valence-electron chi connectivity index (χ0n) is 20.3. The van der Waals surface area contributed by atoms with E-state index in [1.807, 2.05) is 37.3 Å². The molecule has 11 nitrogen and oxygen atoms in total. The Morgan fingerprint density at radius 1 is 1.05 bits per heavy atom. The van der Waals surface area contributed by atoms with Gasteiger partial charge in [0.25, 0.3) is 0 Å². The van der Waals surface area contributed by atoms with Crippen LogP contribution in [0.15, 0.2) is 69.8 Å². The Hall–Kier alpha value is -5.06. The summed E-state index contributed by atoms with van der Waals surface area (Å²) in [5.74, 6) is 0.768. The molecule has 37 heavy (non-hydrogen) atoms. The van der Waals surface area contributed by atoms with Crippen LogP contribution in [0.3, 0.4) is 0 Å². The number of furan rings is 1. The molecule has 0 atom stereocenters. The van der Waals surface area contributed by atoms with Gasteiger partial charge >= 0.3 is 5.97 Å². The number of ketones is 1. The van der Waals surface area contributed by atoms with Crippen molar-refractivity contribution in [2.45, 2.75) is 20.8 Å². The van der Waals surface area contributed by atoms with Crippen molar-refractivity contribution < 1.29 is 23.3 Å². The number of esters is 1. The Bertz CT molecular complexity index is 1590. The van der Waals surface area contributed by atoms with Crippen molar-refractivity contribution in [2.75, 3.05) is 6.61 Å². The molecule has 186 valence electrons. The highest BCUT2D eigenvalue weighted by Gasteiger charge is 2.24. The normalized spacial score (nSPS) is 11.6. The first-order valence-corrected chi connectivity index (χ1v) is 11.3. The number of carbonyl (C=O) groups is 2. The highest BCUT2D eigenvalue weighted by molar-refractivity contribution is 6.16. The van der Waals surface area contributed by atoms with Crippen LogP contribution in [0.5, 0.6) is 0 Å². The fourth-order valence-corrected chi connectivity index (χ4v) is 3.97. The summed E-state index contributed by atoms with van der Waals surface area (Å²) in [5.41, 5.74) is 2.53. The fraction of sp³-hybridized carbons (Fsp3) is 0.154. The Morgan fingerprint density at radius 3 is 2.57 bits per heavy atom. The van der Waals surface area contributed by atoms with Crippen LogP contribution in [0.2, 0.25) is 0 Å². The second-order valence-corrected chi connectivity index (χ2v) is 8.24. The topological polar surface area (TPSA) is 131 Å². The summed E-state index contributed by atoms with van der Waals surface area (Å²) in [5, 5.41) is 15.8. The first kappa shape index (κ1) is 23.7. The van der Waals surface area contributed by atoms with Gasteiger partial charge in [-0.15, -0.1) is 5.10 Å². The molecule has 0 saturated heterocycles. The van der Waals surface area contributed by atoms with Crippen molar-refractivity contribution in [1.29, 1.82) is 0 Å². The van der Waals surface area contributed by atoms with Crippen LogP contribution in [-0.2, 0) is 9.53 Å². The van der Waals surface area contributed by atoms with Gasteiger partial charge in [-0.1, -0.05) is 35.5 Å². The Kier molecular flexibility index (Phi) is 6.33. The van der Waals surface area contributed by atoms with Crippen molar-refractivity contribution in [2.24, 2.45) is 0 Å². The number of Topliss-reactive ketones (excluding diaryl/α,β-unsaturated/α-hetero) is 1. The van der Waals surface area contributed by atoms with Crippen molar-refractivity contribution in [1.82, 2.24) is 29.9 Å². The lowest BCUT2D eigenvalue weighted by Crippen LogP contribution is -2.19. The minimum atomic E-state index is -0.796. The first-order valence-electron chi connectivity index (χ1n) is 11.3. The molecular weight excluding hydrogens is 476 g/mol. The molecule has 5 aromatic rings. The molecule has 0 fully saturated rings. The third kappa shape index (κ3) is 4.74. The van der Waals surface area contributed by atoms with Gasteiger partial charge in [-0.2, -0.15) is 4.68 Å². The van der Waals surface area contributed by atoms with Crippen LogP contribution in [0, 0.1) is 20.8 Å². The maximum absolute atomic E-state index is 13.2. The van der Waals surface area contributed by atoms with Crippen LogP contribution < -0.4 is 0 Å². The molecule has 0 saturated carbocycles. The van der Waals surface area contributed by atoms with Crippen LogP contribution in [-0.4, -0.2) is 48.3 Å². The quantitative estimate of drug-likeness (QED) is 0.176. The monoisotopic (exact) mass is 498 g/mol. The maximum atomic E-state index is 13.2. The summed E-state index contributed by atoms with van der Waals surface area (Å²) in [7, 11) is 0. The van der Waals surface area contributed by atoms with Gasteiger partial charge in [-0.3, -0.25) is 9.36 Å². The van der Waals surface area contributed by atoms with Crippen LogP contribution in [0.1, 0.15) is 33.3 Å². The lowest BCUT2D eigenvalue weighted by molar-refractivity contribution is -0.136. The molecule has 0 bridgehead atoms. The van der Waals surface area contributed by atoms with E-state index < -0.39 is 12.6 Å². The highest BCUT2D eigenvalue weighted by atomic mass is 16.5. The maximum Gasteiger partial charge on any atom is 0.357 e. The molecule has 4 aromatic heterocycles. The number of carbonyl (C=O) groups excluding carboxylic acids is 2. The van der Waals surface area contributed by atoms with Crippen LogP contribution in [0.4, 0.5) is 0 Å². The van der Waals surface area contributed by atoms with Crippen LogP contribution >= 0.6 is 0 Å². The minimum absolute atomic E-state index is 0.0184. The van der Waals surface area contributed by atoms with E-state index in [2.05, 4.69) is 20.7 Å². The van der Waals surface area contributed by atoms with Gasteiger partial charge in [0.15, 0.2) is 23.9 Å². The number of hydrogen-bond acceptors (Lipinski definition) is 9. The number of tetrazole rings is 1. The second-order valence-electron chi connectivity index (χ2n) is 8.24. The van der Waals surface area contributed by atoms with Gasteiger partial charge in [-0.05, 0) is 49.4 Å². The molecule has 0 N–H and O–H groups in total. The van der Waals surface area contributed by atoms with Crippen molar-refractivity contribution in [3.8, 4) is 17.2 Å². The summed E-state index contributed by atoms with van der Waals surface area (Å²) >= 11 is 0. The van der Waals surface area contributed by atoms with E-state index in [1.54, 1.807) is 42.7 Å². The average Bonchev–Trinajstić information content (AvgIpc) is 3.70. The Morgan fingerprint density at radius 2 is 1.86 bits per heavy atom. The summed E-state index contributed by atoms with van der Waals surface area (Å²) < 4.78 is 19.0. The SMILES string of the molecule is Cc1cc(-n2c(C)cc(C(=O)COC(=O)/C(=C/c3ccco3)n3nnnc3-c3ccccc3)c2C)no1. The molecule has 0 spiro atoms. The van der Waals surface area contributed by atoms with E-state index >= 15 is 0 Å². The van der Waals surface area contributed by atoms with Gasteiger partial charge in [0.1, 0.15) is 11.5 Å². The van der Waals surface area contributed by atoms with E-state index in [-0.39, 0.29) is 11.5 Å². The van der Waals surface area contributed by atoms with Crippen molar-refractivity contribution >= 4 is 23.5 Å². The lowest BCUT2D eigenvalue weighted by atomic mass is 10.1. The van der Waals surface area contributed by atoms with E-state index in [1.165, 1.54) is 17.0 Å². The minimum Gasteiger partial charge on any atom is -0.465 e. The molecule has 0 aliphatic carbocycles. The first-order chi connectivity index (χ1) is 17.9. The molecule has 0 unspecified atom stereocenters. The zero-order valence-corrected chi connectivity index (χ0v) is 20.3. The molecular formula is C26H22N6O5. The van der Waals surface area contributed by atoms with Crippen molar-refractivity contribution in [3.63, 3.8) is 0 Å². The zero-order chi connectivity index (χ0) is 25.9. The third-order valence-electron chi connectivity index (χ3n) is 5.67. The molecule has 11 heteroatoms.